The minimum absolute atomic E-state index is 0.0463. The number of fused-ring (bicyclic) bond motifs is 1. The van der Waals surface area contributed by atoms with Gasteiger partial charge in [-0.2, -0.15) is 11.8 Å². The Morgan fingerprint density at radius 3 is 2.88 bits per heavy atom. The van der Waals surface area contributed by atoms with Gasteiger partial charge in [0.05, 0.1) is 17.0 Å². The zero-order valence-electron chi connectivity index (χ0n) is 9.53. The third kappa shape index (κ3) is 1.59. The van der Waals surface area contributed by atoms with Gasteiger partial charge in [-0.15, -0.1) is 0 Å². The quantitative estimate of drug-likeness (QED) is 0.834. The van der Waals surface area contributed by atoms with Gasteiger partial charge in [-0.1, -0.05) is 5.16 Å². The van der Waals surface area contributed by atoms with Gasteiger partial charge < -0.3 is 9.51 Å². The van der Waals surface area contributed by atoms with Crippen molar-refractivity contribution in [2.24, 2.45) is 0 Å². The van der Waals surface area contributed by atoms with E-state index in [-0.39, 0.29) is 5.56 Å². The molecule has 0 saturated carbocycles. The molecule has 0 atom stereocenters. The van der Waals surface area contributed by atoms with Gasteiger partial charge in [0.25, 0.3) is 5.56 Å². The monoisotopic (exact) mass is 249 g/mol. The molecule has 0 radical (unpaired) electrons. The van der Waals surface area contributed by atoms with Crippen LogP contribution in [0.25, 0.3) is 11.4 Å². The highest BCUT2D eigenvalue weighted by molar-refractivity contribution is 7.98. The summed E-state index contributed by atoms with van der Waals surface area (Å²) in [6.07, 6.45) is 0. The summed E-state index contributed by atoms with van der Waals surface area (Å²) >= 11 is 1.71. The van der Waals surface area contributed by atoms with Crippen molar-refractivity contribution in [2.45, 2.75) is 25.4 Å². The number of aromatic amines is 1. The first-order chi connectivity index (χ1) is 8.16. The average molecular weight is 249 g/mol. The normalized spacial score (nSPS) is 14.0. The molecule has 6 heteroatoms. The molecule has 88 valence electrons. The van der Waals surface area contributed by atoms with E-state index in [0.717, 1.165) is 34.0 Å². The lowest BCUT2D eigenvalue weighted by molar-refractivity contribution is 0.393. The van der Waals surface area contributed by atoms with Crippen LogP contribution in [0, 0.1) is 13.8 Å². The second kappa shape index (κ2) is 3.73. The van der Waals surface area contributed by atoms with Crippen LogP contribution in [-0.2, 0) is 11.5 Å². The van der Waals surface area contributed by atoms with Gasteiger partial charge in [0.15, 0.2) is 0 Å². The molecule has 1 N–H and O–H groups in total. The van der Waals surface area contributed by atoms with E-state index in [4.69, 9.17) is 4.52 Å². The number of rotatable bonds is 1. The second-order valence-corrected chi connectivity index (χ2v) is 5.02. The molecule has 0 unspecified atom stereocenters. The van der Waals surface area contributed by atoms with Crippen LogP contribution in [0.15, 0.2) is 9.32 Å². The molecule has 0 amide bonds. The van der Waals surface area contributed by atoms with E-state index in [1.54, 1.807) is 11.8 Å². The van der Waals surface area contributed by atoms with Crippen LogP contribution in [0.4, 0.5) is 0 Å². The third-order valence-electron chi connectivity index (χ3n) is 2.86. The largest absolute Gasteiger partial charge is 0.361 e. The van der Waals surface area contributed by atoms with Crippen LogP contribution < -0.4 is 5.56 Å². The predicted molar refractivity (Wildman–Crippen MR) is 64.8 cm³/mol. The van der Waals surface area contributed by atoms with Crippen LogP contribution >= 0.6 is 11.8 Å². The van der Waals surface area contributed by atoms with E-state index in [2.05, 4.69) is 15.1 Å². The highest BCUT2D eigenvalue weighted by atomic mass is 32.2. The number of aryl methyl sites for hydroxylation is 2. The Morgan fingerprint density at radius 2 is 2.18 bits per heavy atom. The Morgan fingerprint density at radius 1 is 1.35 bits per heavy atom. The molecule has 0 bridgehead atoms. The maximum Gasteiger partial charge on any atom is 0.255 e. The second-order valence-electron chi connectivity index (χ2n) is 4.03. The lowest BCUT2D eigenvalue weighted by atomic mass is 10.2. The van der Waals surface area contributed by atoms with Crippen LogP contribution in [0.3, 0.4) is 0 Å². The fourth-order valence-corrected chi connectivity index (χ4v) is 3.04. The summed E-state index contributed by atoms with van der Waals surface area (Å²) in [5.41, 5.74) is 3.17. The number of hydrogen-bond acceptors (Lipinski definition) is 5. The van der Waals surface area contributed by atoms with Gasteiger partial charge in [0.1, 0.15) is 11.6 Å². The molecule has 1 aliphatic rings. The summed E-state index contributed by atoms with van der Waals surface area (Å²) in [6, 6.07) is 0. The van der Waals surface area contributed by atoms with E-state index >= 15 is 0 Å². The Bertz CT molecular complexity index is 625. The Balaban J connectivity index is 2.24. The van der Waals surface area contributed by atoms with Gasteiger partial charge in [-0.25, -0.2) is 4.98 Å². The van der Waals surface area contributed by atoms with Crippen molar-refractivity contribution in [3.8, 4) is 11.4 Å². The molecule has 0 aromatic carbocycles. The van der Waals surface area contributed by atoms with Crippen LogP contribution in [0.2, 0.25) is 0 Å². The first kappa shape index (κ1) is 10.6. The molecule has 3 heterocycles. The average Bonchev–Trinajstić information content (AvgIpc) is 2.86. The fraction of sp³-hybridized carbons (Fsp3) is 0.364. The van der Waals surface area contributed by atoms with Crippen molar-refractivity contribution < 1.29 is 4.52 Å². The SMILES string of the molecule is Cc1noc(C)c1-c1nc2c(c(=O)[nH]1)CSC2. The first-order valence-electron chi connectivity index (χ1n) is 5.30. The van der Waals surface area contributed by atoms with Crippen molar-refractivity contribution in [3.63, 3.8) is 0 Å². The minimum Gasteiger partial charge on any atom is -0.361 e. The molecule has 0 spiro atoms. The molecule has 5 nitrogen and oxygen atoms in total. The number of aromatic nitrogens is 3. The van der Waals surface area contributed by atoms with Crippen molar-refractivity contribution in [2.75, 3.05) is 0 Å². The van der Waals surface area contributed by atoms with Gasteiger partial charge in [0.2, 0.25) is 0 Å². The standard InChI is InChI=1S/C11H11N3O2S/c1-5-9(6(2)16-14-5)10-12-8-4-17-3-7(8)11(15)13-10/h3-4H2,1-2H3,(H,12,13,15). The maximum atomic E-state index is 11.9. The molecule has 2 aromatic rings. The van der Waals surface area contributed by atoms with Crippen LogP contribution in [0.1, 0.15) is 22.7 Å². The van der Waals surface area contributed by atoms with Crippen LogP contribution in [0.5, 0.6) is 0 Å². The maximum absolute atomic E-state index is 11.9. The van der Waals surface area contributed by atoms with Crippen molar-refractivity contribution >= 4 is 11.8 Å². The van der Waals surface area contributed by atoms with Gasteiger partial charge in [-0.05, 0) is 13.8 Å². The molecule has 17 heavy (non-hydrogen) atoms. The Labute approximate surface area is 102 Å². The van der Waals surface area contributed by atoms with Crippen molar-refractivity contribution in [1.82, 2.24) is 15.1 Å². The molecule has 2 aromatic heterocycles. The van der Waals surface area contributed by atoms with Crippen molar-refractivity contribution in [1.29, 1.82) is 0 Å². The van der Waals surface area contributed by atoms with Gasteiger partial charge in [-0.3, -0.25) is 4.79 Å². The molecule has 1 aliphatic heterocycles. The zero-order chi connectivity index (χ0) is 12.0. The van der Waals surface area contributed by atoms with Gasteiger partial charge in [0, 0.05) is 17.1 Å². The van der Waals surface area contributed by atoms with E-state index in [9.17, 15) is 4.79 Å². The summed E-state index contributed by atoms with van der Waals surface area (Å²) in [7, 11) is 0. The fourth-order valence-electron chi connectivity index (χ4n) is 2.00. The molecule has 0 aliphatic carbocycles. The Kier molecular flexibility index (Phi) is 2.32. The molecule has 0 fully saturated rings. The Hall–Kier alpha value is -1.56. The summed E-state index contributed by atoms with van der Waals surface area (Å²) in [6.45, 7) is 3.66. The number of nitrogens with zero attached hydrogens (tertiary/aromatic N) is 2. The van der Waals surface area contributed by atoms with E-state index in [1.807, 2.05) is 13.8 Å². The van der Waals surface area contributed by atoms with Crippen LogP contribution in [-0.4, -0.2) is 15.1 Å². The molecular formula is C11H11N3O2S. The van der Waals surface area contributed by atoms with E-state index in [0.29, 0.717) is 11.6 Å². The van der Waals surface area contributed by atoms with Gasteiger partial charge >= 0.3 is 0 Å². The predicted octanol–water partition coefficient (Wildman–Crippen LogP) is 1.79. The summed E-state index contributed by atoms with van der Waals surface area (Å²) in [5, 5.41) is 3.87. The minimum atomic E-state index is -0.0463. The lowest BCUT2D eigenvalue weighted by Crippen LogP contribution is -2.15. The topological polar surface area (TPSA) is 71.8 Å². The summed E-state index contributed by atoms with van der Waals surface area (Å²) < 4.78 is 5.09. The third-order valence-corrected chi connectivity index (χ3v) is 3.83. The smallest absolute Gasteiger partial charge is 0.255 e. The number of nitrogens with one attached hydrogen (secondary N) is 1. The lowest BCUT2D eigenvalue weighted by Gasteiger charge is -2.02. The highest BCUT2D eigenvalue weighted by Gasteiger charge is 2.21. The van der Waals surface area contributed by atoms with E-state index < -0.39 is 0 Å². The number of H-pyrrole nitrogens is 1. The van der Waals surface area contributed by atoms with Crippen molar-refractivity contribution in [3.05, 3.63) is 33.1 Å². The summed E-state index contributed by atoms with van der Waals surface area (Å²) in [4.78, 5) is 19.2. The highest BCUT2D eigenvalue weighted by Crippen LogP contribution is 2.28. The zero-order valence-corrected chi connectivity index (χ0v) is 10.3. The van der Waals surface area contributed by atoms with E-state index in [1.165, 1.54) is 0 Å². The summed E-state index contributed by atoms with van der Waals surface area (Å²) in [5.74, 6) is 2.79. The molecule has 0 saturated heterocycles. The molecular weight excluding hydrogens is 238 g/mol. The molecule has 3 rings (SSSR count). The number of hydrogen-bond donors (Lipinski definition) is 1. The number of thioether (sulfide) groups is 1. The first-order valence-corrected chi connectivity index (χ1v) is 6.45.